The van der Waals surface area contributed by atoms with Gasteiger partial charge in [0.05, 0.1) is 6.54 Å². The van der Waals surface area contributed by atoms with Gasteiger partial charge < -0.3 is 4.74 Å². The van der Waals surface area contributed by atoms with Crippen LogP contribution in [-0.2, 0) is 19.3 Å². The summed E-state index contributed by atoms with van der Waals surface area (Å²) in [7, 11) is 1.63. The molecule has 1 saturated carbocycles. The van der Waals surface area contributed by atoms with Gasteiger partial charge in [0.25, 0.3) is 0 Å². The SMILES string of the molecule is Cc1ccc([C@@H]2C(S3=NCCS3)C(=O)O[C@@H]2C2CCCCC2)cc1. The fourth-order valence-corrected chi connectivity index (χ4v) is 8.35. The number of aryl methyl sites for hydroxylation is 1. The molecule has 0 spiro atoms. The van der Waals surface area contributed by atoms with Crippen molar-refractivity contribution >= 4 is 26.5 Å². The van der Waals surface area contributed by atoms with Crippen molar-refractivity contribution in [2.45, 2.75) is 56.3 Å². The molecular formula is C19H25NO2S2. The Morgan fingerprint density at radius 1 is 1.17 bits per heavy atom. The second kappa shape index (κ2) is 7.20. The summed E-state index contributed by atoms with van der Waals surface area (Å²) < 4.78 is 10.7. The largest absolute Gasteiger partial charge is 0.460 e. The highest BCUT2D eigenvalue weighted by molar-refractivity contribution is 8.70. The standard InChI is InChI=1S/C19H25NO2S2/c1-13-7-9-14(10-8-13)16-17(15-5-3-2-4-6-15)22-19(21)18(16)24-20-11-12-23-24/h7-10,15-18H,2-6,11-12H2,1H3/t16-,17+,18?,24?/m0/s1. The van der Waals surface area contributed by atoms with Gasteiger partial charge in [-0.05, 0) is 41.0 Å². The quantitative estimate of drug-likeness (QED) is 0.589. The lowest BCUT2D eigenvalue weighted by atomic mass is 9.78. The maximum atomic E-state index is 12.8. The van der Waals surface area contributed by atoms with Crippen LogP contribution in [0.3, 0.4) is 0 Å². The minimum Gasteiger partial charge on any atom is -0.460 e. The van der Waals surface area contributed by atoms with Gasteiger partial charge in [-0.1, -0.05) is 59.9 Å². The van der Waals surface area contributed by atoms with Gasteiger partial charge >= 0.3 is 5.97 Å². The molecule has 130 valence electrons. The van der Waals surface area contributed by atoms with E-state index in [-0.39, 0.29) is 33.0 Å². The third kappa shape index (κ3) is 3.17. The monoisotopic (exact) mass is 363 g/mol. The minimum atomic E-state index is -0.227. The average Bonchev–Trinajstić information content (AvgIpc) is 3.24. The van der Waals surface area contributed by atoms with Crippen molar-refractivity contribution in [1.82, 2.24) is 0 Å². The van der Waals surface area contributed by atoms with Gasteiger partial charge in [0.1, 0.15) is 11.4 Å². The zero-order valence-corrected chi connectivity index (χ0v) is 15.8. The van der Waals surface area contributed by atoms with E-state index >= 15 is 0 Å². The van der Waals surface area contributed by atoms with Gasteiger partial charge in [-0.3, -0.25) is 9.16 Å². The maximum absolute atomic E-state index is 12.8. The Labute approximate surface area is 150 Å². The van der Waals surface area contributed by atoms with E-state index in [2.05, 4.69) is 31.2 Å². The number of hydrogen-bond acceptors (Lipinski definition) is 4. The van der Waals surface area contributed by atoms with Crippen LogP contribution < -0.4 is 0 Å². The molecule has 4 atom stereocenters. The third-order valence-corrected chi connectivity index (χ3v) is 9.58. The van der Waals surface area contributed by atoms with Crippen molar-refractivity contribution in [1.29, 1.82) is 0 Å². The van der Waals surface area contributed by atoms with Crippen molar-refractivity contribution in [3.05, 3.63) is 35.4 Å². The first-order valence-corrected chi connectivity index (χ1v) is 11.8. The second-order valence-electron chi connectivity index (χ2n) is 7.11. The average molecular weight is 364 g/mol. The first-order valence-electron chi connectivity index (χ1n) is 9.05. The van der Waals surface area contributed by atoms with Gasteiger partial charge in [0, 0.05) is 11.7 Å². The predicted molar refractivity (Wildman–Crippen MR) is 101 cm³/mol. The molecule has 0 bridgehead atoms. The Bertz CT molecular complexity index is 637. The van der Waals surface area contributed by atoms with E-state index in [0.717, 1.165) is 12.3 Å². The van der Waals surface area contributed by atoms with Crippen molar-refractivity contribution < 1.29 is 9.53 Å². The molecule has 2 fully saturated rings. The van der Waals surface area contributed by atoms with Gasteiger partial charge in [-0.2, -0.15) is 0 Å². The molecule has 2 aliphatic heterocycles. The molecule has 1 aromatic rings. The van der Waals surface area contributed by atoms with Crippen LogP contribution in [0, 0.1) is 12.8 Å². The van der Waals surface area contributed by atoms with E-state index < -0.39 is 0 Å². The van der Waals surface area contributed by atoms with Crippen molar-refractivity contribution in [2.75, 3.05) is 12.3 Å². The minimum absolute atomic E-state index is 0.00219. The molecule has 0 amide bonds. The molecular weight excluding hydrogens is 338 g/mol. The molecule has 5 heteroatoms. The summed E-state index contributed by atoms with van der Waals surface area (Å²) in [6.07, 6.45) is 6.32. The molecule has 3 aliphatic rings. The Kier molecular flexibility index (Phi) is 5.00. The number of carbonyl (C=O) groups excluding carboxylic acids is 1. The Morgan fingerprint density at radius 3 is 2.58 bits per heavy atom. The highest BCUT2D eigenvalue weighted by atomic mass is 33.1. The molecule has 0 aromatic heterocycles. The summed E-state index contributed by atoms with van der Waals surface area (Å²) in [5.41, 5.74) is 2.53. The van der Waals surface area contributed by atoms with E-state index in [4.69, 9.17) is 9.10 Å². The predicted octanol–water partition coefficient (Wildman–Crippen LogP) is 4.42. The van der Waals surface area contributed by atoms with Crippen molar-refractivity contribution in [2.24, 2.45) is 10.3 Å². The van der Waals surface area contributed by atoms with Gasteiger partial charge in [0.15, 0.2) is 0 Å². The molecule has 2 heterocycles. The van der Waals surface area contributed by atoms with E-state index in [1.165, 1.54) is 43.2 Å². The first-order chi connectivity index (χ1) is 11.7. The van der Waals surface area contributed by atoms with Crippen LogP contribution in [0.5, 0.6) is 0 Å². The number of nitrogens with zero attached hydrogens (tertiary/aromatic N) is 1. The summed E-state index contributed by atoms with van der Waals surface area (Å²) >= 11 is 0. The summed E-state index contributed by atoms with van der Waals surface area (Å²) in [5.74, 6) is 1.74. The Balaban J connectivity index is 1.70. The summed E-state index contributed by atoms with van der Waals surface area (Å²) in [4.78, 5) is 12.8. The molecule has 24 heavy (non-hydrogen) atoms. The second-order valence-corrected chi connectivity index (χ2v) is 10.8. The van der Waals surface area contributed by atoms with Crippen LogP contribution in [0.1, 0.15) is 49.1 Å². The number of cyclic esters (lactones) is 1. The van der Waals surface area contributed by atoms with Crippen LogP contribution in [0.15, 0.2) is 28.6 Å². The van der Waals surface area contributed by atoms with Crippen LogP contribution >= 0.6 is 10.8 Å². The highest BCUT2D eigenvalue weighted by Crippen LogP contribution is 2.45. The Morgan fingerprint density at radius 2 is 1.92 bits per heavy atom. The number of carbonyl (C=O) groups is 1. The summed E-state index contributed by atoms with van der Waals surface area (Å²) in [5, 5.41) is -0.0767. The molecule has 1 saturated heterocycles. The maximum Gasteiger partial charge on any atom is 0.322 e. The molecule has 3 nitrogen and oxygen atoms in total. The lowest BCUT2D eigenvalue weighted by Gasteiger charge is -2.31. The highest BCUT2D eigenvalue weighted by Gasteiger charge is 2.51. The molecule has 1 aromatic carbocycles. The Hall–Kier alpha value is -0.810. The third-order valence-electron chi connectivity index (χ3n) is 5.47. The van der Waals surface area contributed by atoms with Crippen molar-refractivity contribution in [3.63, 3.8) is 0 Å². The van der Waals surface area contributed by atoms with E-state index in [1.807, 2.05) is 10.8 Å². The molecule has 2 unspecified atom stereocenters. The fraction of sp³-hybridized carbons (Fsp3) is 0.632. The lowest BCUT2D eigenvalue weighted by Crippen LogP contribution is -2.31. The number of esters is 1. The van der Waals surface area contributed by atoms with Crippen LogP contribution in [0.25, 0.3) is 0 Å². The topological polar surface area (TPSA) is 38.7 Å². The van der Waals surface area contributed by atoms with Gasteiger partial charge in [0.2, 0.25) is 0 Å². The van der Waals surface area contributed by atoms with Crippen LogP contribution in [0.4, 0.5) is 0 Å². The van der Waals surface area contributed by atoms with Crippen LogP contribution in [0.2, 0.25) is 0 Å². The number of hydrogen-bond donors (Lipinski definition) is 0. The zero-order chi connectivity index (χ0) is 16.5. The lowest BCUT2D eigenvalue weighted by molar-refractivity contribution is -0.143. The number of rotatable bonds is 3. The first kappa shape index (κ1) is 16.6. The fourth-order valence-electron chi connectivity index (χ4n) is 4.25. The molecule has 1 aliphatic carbocycles. The number of ether oxygens (including phenoxy) is 1. The smallest absolute Gasteiger partial charge is 0.322 e. The summed E-state index contributed by atoms with van der Waals surface area (Å²) in [6.45, 7) is 2.99. The molecule has 0 N–H and O–H groups in total. The molecule has 0 radical (unpaired) electrons. The summed E-state index contributed by atoms with van der Waals surface area (Å²) in [6, 6.07) is 8.73. The van der Waals surface area contributed by atoms with Crippen molar-refractivity contribution in [3.8, 4) is 0 Å². The normalized spacial score (nSPS) is 34.1. The zero-order valence-electron chi connectivity index (χ0n) is 14.1. The van der Waals surface area contributed by atoms with E-state index in [1.54, 1.807) is 0 Å². The van der Waals surface area contributed by atoms with Gasteiger partial charge in [-0.25, -0.2) is 0 Å². The molecule has 4 rings (SSSR count). The number of benzene rings is 1. The van der Waals surface area contributed by atoms with E-state index in [0.29, 0.717) is 5.92 Å². The van der Waals surface area contributed by atoms with Gasteiger partial charge in [-0.15, -0.1) is 0 Å². The van der Waals surface area contributed by atoms with Crippen LogP contribution in [-0.4, -0.2) is 29.6 Å². The van der Waals surface area contributed by atoms with E-state index in [9.17, 15) is 4.79 Å².